The summed E-state index contributed by atoms with van der Waals surface area (Å²) in [5.41, 5.74) is 3.43. The molecule has 42 heavy (non-hydrogen) atoms. The number of nitrogens with zero attached hydrogens (tertiary/aromatic N) is 2. The Morgan fingerprint density at radius 2 is 1.71 bits per heavy atom. The first-order chi connectivity index (χ1) is 20.1. The summed E-state index contributed by atoms with van der Waals surface area (Å²) in [6.07, 6.45) is 0.209. The maximum Gasteiger partial charge on any atom is 0.264 e. The number of hydrogen-bond acceptors (Lipinski definition) is 5. The van der Waals surface area contributed by atoms with Gasteiger partial charge in [-0.05, 0) is 46.7 Å². The van der Waals surface area contributed by atoms with E-state index < -0.39 is 17.1 Å². The molecule has 1 saturated heterocycles. The molecule has 1 fully saturated rings. The molecule has 6 rings (SSSR count). The molecule has 2 amide bonds. The number of methoxy groups -OCH3 is 1. The molecule has 220 valence electrons. The lowest BCUT2D eigenvalue weighted by Gasteiger charge is -2.40. The molecule has 7 heteroatoms. The second-order valence-corrected chi connectivity index (χ2v) is 12.6. The fourth-order valence-electron chi connectivity index (χ4n) is 7.91. The van der Waals surface area contributed by atoms with Crippen molar-refractivity contribution in [2.75, 3.05) is 25.7 Å². The molecule has 3 aliphatic rings. The number of fused-ring (bicyclic) bond motifs is 3. The molecule has 0 radical (unpaired) electrons. The van der Waals surface area contributed by atoms with Crippen LogP contribution >= 0.6 is 0 Å². The number of amides is 2. The molecule has 1 spiro atoms. The summed E-state index contributed by atoms with van der Waals surface area (Å²) in [6.45, 7) is 6.80. The largest absolute Gasteiger partial charge is 0.497 e. The van der Waals surface area contributed by atoms with Gasteiger partial charge < -0.3 is 24.4 Å². The molecule has 0 aliphatic carbocycles. The fraction of sp³-hybridized carbons (Fsp3) is 0.429. The highest BCUT2D eigenvalue weighted by Gasteiger charge is 2.65. The smallest absolute Gasteiger partial charge is 0.264 e. The zero-order valence-electron chi connectivity index (χ0n) is 25.0. The second-order valence-electron chi connectivity index (χ2n) is 12.6. The number of rotatable bonds is 6. The highest BCUT2D eigenvalue weighted by Crippen LogP contribution is 2.59. The Labute approximate surface area is 248 Å². The molecule has 0 unspecified atom stereocenters. The molecule has 3 aliphatic heterocycles. The van der Waals surface area contributed by atoms with Crippen molar-refractivity contribution in [2.24, 2.45) is 11.8 Å². The van der Waals surface area contributed by atoms with Crippen LogP contribution in [0.3, 0.4) is 0 Å². The molecule has 0 aromatic heterocycles. The number of para-hydroxylation sites is 1. The van der Waals surface area contributed by atoms with Crippen molar-refractivity contribution in [1.29, 1.82) is 0 Å². The number of aliphatic hydroxyl groups excluding tert-OH is 1. The summed E-state index contributed by atoms with van der Waals surface area (Å²) in [7, 11) is 3.45. The van der Waals surface area contributed by atoms with E-state index in [2.05, 4.69) is 39.0 Å². The first kappa shape index (κ1) is 28.4. The van der Waals surface area contributed by atoms with Crippen molar-refractivity contribution in [3.8, 4) is 5.75 Å². The van der Waals surface area contributed by atoms with Gasteiger partial charge in [-0.25, -0.2) is 0 Å². The van der Waals surface area contributed by atoms with E-state index in [1.54, 1.807) is 24.0 Å². The van der Waals surface area contributed by atoms with Crippen LogP contribution in [0.2, 0.25) is 0 Å². The van der Waals surface area contributed by atoms with E-state index in [1.807, 2.05) is 54.6 Å². The third-order valence-corrected chi connectivity index (χ3v) is 10.1. The number of aliphatic hydroxyl groups is 1. The van der Waals surface area contributed by atoms with Gasteiger partial charge in [0.25, 0.3) is 5.91 Å². The average molecular weight is 569 g/mol. The van der Waals surface area contributed by atoms with E-state index in [0.717, 1.165) is 28.1 Å². The van der Waals surface area contributed by atoms with Crippen LogP contribution in [0, 0.1) is 11.8 Å². The Morgan fingerprint density at radius 3 is 2.40 bits per heavy atom. The fourth-order valence-corrected chi connectivity index (χ4v) is 7.91. The third-order valence-electron chi connectivity index (χ3n) is 10.1. The van der Waals surface area contributed by atoms with Gasteiger partial charge in [0.05, 0.1) is 38.0 Å². The lowest BCUT2D eigenvalue weighted by molar-refractivity contribution is -0.151. The maximum absolute atomic E-state index is 14.2. The first-order valence-electron chi connectivity index (χ1n) is 14.8. The predicted molar refractivity (Wildman–Crippen MR) is 161 cm³/mol. The van der Waals surface area contributed by atoms with Gasteiger partial charge in [-0.3, -0.25) is 9.59 Å². The van der Waals surface area contributed by atoms with E-state index in [1.165, 1.54) is 5.56 Å². The van der Waals surface area contributed by atoms with Gasteiger partial charge in [0, 0.05) is 31.0 Å². The molecule has 3 heterocycles. The highest BCUT2D eigenvalue weighted by atomic mass is 16.5. The minimum absolute atomic E-state index is 0.0691. The van der Waals surface area contributed by atoms with Crippen LogP contribution < -0.4 is 9.64 Å². The topological polar surface area (TPSA) is 79.3 Å². The van der Waals surface area contributed by atoms with Crippen LogP contribution in [0.25, 0.3) is 0 Å². The van der Waals surface area contributed by atoms with E-state index in [4.69, 9.17) is 9.47 Å². The van der Waals surface area contributed by atoms with Gasteiger partial charge in [0.2, 0.25) is 5.91 Å². The summed E-state index contributed by atoms with van der Waals surface area (Å²) in [6, 6.07) is 23.7. The van der Waals surface area contributed by atoms with Crippen LogP contribution in [0.5, 0.6) is 5.75 Å². The van der Waals surface area contributed by atoms with Crippen LogP contribution in [0.1, 0.15) is 49.4 Å². The van der Waals surface area contributed by atoms with Crippen molar-refractivity contribution in [1.82, 2.24) is 4.90 Å². The Morgan fingerprint density at radius 1 is 1.05 bits per heavy atom. The molecular weight excluding hydrogens is 528 g/mol. The number of anilines is 1. The highest BCUT2D eigenvalue weighted by molar-refractivity contribution is 6.07. The summed E-state index contributed by atoms with van der Waals surface area (Å²) in [4.78, 5) is 31.8. The lowest BCUT2D eigenvalue weighted by atomic mass is 9.63. The molecular formula is C35H40N2O5. The van der Waals surface area contributed by atoms with Crippen LogP contribution in [0.15, 0.2) is 72.8 Å². The van der Waals surface area contributed by atoms with E-state index in [9.17, 15) is 14.7 Å². The van der Waals surface area contributed by atoms with Gasteiger partial charge in [0.15, 0.2) is 5.60 Å². The number of likely N-dealkylation sites (N-methyl/N-ethyl adjacent to an activating group) is 1. The summed E-state index contributed by atoms with van der Waals surface area (Å²) >= 11 is 0. The standard InChI is InChI=1S/C35H40N2O5/c1-22-32(34(2,3)25-14-16-27(41-5)17-15-25)30(42-35(22)28-12-8-9-13-29(28)36(4)33(35)40)19-31(39)37-20-24-11-7-6-10-23(24)18-26(37)21-38/h6-17,22,26,30,32,38H,18-21H2,1-5H3/t22-,26+,30+,32-,35+/m1/s1. The minimum Gasteiger partial charge on any atom is -0.497 e. The first-order valence-corrected chi connectivity index (χ1v) is 14.8. The number of carbonyl (C=O) groups excluding carboxylic acids is 2. The number of hydrogen-bond donors (Lipinski definition) is 1. The Balaban J connectivity index is 1.40. The van der Waals surface area contributed by atoms with Crippen molar-refractivity contribution in [3.63, 3.8) is 0 Å². The zero-order chi connectivity index (χ0) is 29.8. The van der Waals surface area contributed by atoms with Crippen molar-refractivity contribution in [2.45, 2.75) is 63.3 Å². The van der Waals surface area contributed by atoms with Gasteiger partial charge in [-0.1, -0.05) is 75.4 Å². The third kappa shape index (κ3) is 4.24. The monoisotopic (exact) mass is 568 g/mol. The van der Waals surface area contributed by atoms with Crippen LogP contribution in [-0.2, 0) is 38.3 Å². The quantitative estimate of drug-likeness (QED) is 0.461. The molecule has 1 N–H and O–H groups in total. The van der Waals surface area contributed by atoms with Gasteiger partial charge in [-0.15, -0.1) is 0 Å². The summed E-state index contributed by atoms with van der Waals surface area (Å²) in [5.74, 6) is 0.224. The molecule has 7 nitrogen and oxygen atoms in total. The minimum atomic E-state index is -1.18. The van der Waals surface area contributed by atoms with Crippen LogP contribution in [-0.4, -0.2) is 54.7 Å². The Bertz CT molecular complexity index is 1500. The SMILES string of the molecule is COc1ccc(C(C)(C)[C@H]2[C@H](CC(=O)N3Cc4ccccc4C[C@H]3CO)O[C@@]3(C(=O)N(C)c4ccccc43)[C@@H]2C)cc1. The van der Waals surface area contributed by atoms with Gasteiger partial charge >= 0.3 is 0 Å². The maximum atomic E-state index is 14.2. The second kappa shape index (κ2) is 10.5. The number of ether oxygens (including phenoxy) is 2. The lowest BCUT2D eigenvalue weighted by Crippen LogP contribution is -2.48. The average Bonchev–Trinajstić information content (AvgIpc) is 3.42. The summed E-state index contributed by atoms with van der Waals surface area (Å²) < 4.78 is 12.4. The molecule has 0 bridgehead atoms. The van der Waals surface area contributed by atoms with Gasteiger partial charge in [-0.2, -0.15) is 0 Å². The zero-order valence-corrected chi connectivity index (χ0v) is 25.0. The Hall–Kier alpha value is -3.68. The van der Waals surface area contributed by atoms with Crippen molar-refractivity contribution < 1.29 is 24.2 Å². The van der Waals surface area contributed by atoms with E-state index in [-0.39, 0.29) is 42.7 Å². The normalized spacial score (nSPS) is 26.9. The van der Waals surface area contributed by atoms with Crippen LogP contribution in [0.4, 0.5) is 5.69 Å². The van der Waals surface area contributed by atoms with Gasteiger partial charge in [0.1, 0.15) is 5.75 Å². The number of carbonyl (C=O) groups is 2. The molecule has 3 aromatic carbocycles. The number of benzene rings is 3. The summed E-state index contributed by atoms with van der Waals surface area (Å²) in [5, 5.41) is 10.3. The van der Waals surface area contributed by atoms with E-state index in [0.29, 0.717) is 13.0 Å². The predicted octanol–water partition coefficient (Wildman–Crippen LogP) is 4.83. The van der Waals surface area contributed by atoms with Crippen molar-refractivity contribution >= 4 is 17.5 Å². The van der Waals surface area contributed by atoms with E-state index >= 15 is 0 Å². The molecule has 3 aromatic rings. The molecule has 5 atom stereocenters. The van der Waals surface area contributed by atoms with Crippen molar-refractivity contribution in [3.05, 3.63) is 95.1 Å². The Kier molecular flexibility index (Phi) is 7.14. The molecule has 0 saturated carbocycles.